The van der Waals surface area contributed by atoms with Crippen molar-refractivity contribution in [3.8, 4) is 5.75 Å². The third-order valence-electron chi connectivity index (χ3n) is 1.66. The quantitative estimate of drug-likeness (QED) is 0.631. The first-order valence-electron chi connectivity index (χ1n) is 4.51. The topological polar surface area (TPSA) is 26.3 Å². The van der Waals surface area contributed by atoms with Crippen LogP contribution in [0.25, 0.3) is 0 Å². The number of ether oxygens (including phenoxy) is 1. The second-order valence-corrected chi connectivity index (χ2v) is 4.67. The van der Waals surface area contributed by atoms with Gasteiger partial charge < -0.3 is 4.74 Å². The molecule has 0 saturated carbocycles. The molecule has 0 atom stereocenters. The first-order chi connectivity index (χ1) is 6.63. The maximum absolute atomic E-state index is 10.5. The second-order valence-electron chi connectivity index (χ2n) is 3.51. The van der Waals surface area contributed by atoms with E-state index in [9.17, 15) is 4.79 Å². The van der Waals surface area contributed by atoms with E-state index >= 15 is 0 Å². The Morgan fingerprint density at radius 3 is 2.71 bits per heavy atom. The lowest BCUT2D eigenvalue weighted by Crippen LogP contribution is -2.05. The average Bonchev–Trinajstić information content (AvgIpc) is 2.15. The highest BCUT2D eigenvalue weighted by molar-refractivity contribution is 14.1. The van der Waals surface area contributed by atoms with E-state index in [4.69, 9.17) is 4.74 Å². The van der Waals surface area contributed by atoms with Crippen molar-refractivity contribution in [1.29, 1.82) is 0 Å². The van der Waals surface area contributed by atoms with Gasteiger partial charge in [0.15, 0.2) is 0 Å². The maximum Gasteiger partial charge on any atom is 0.150 e. The molecule has 76 valence electrons. The largest absolute Gasteiger partial charge is 0.492 e. The van der Waals surface area contributed by atoms with E-state index in [1.165, 1.54) is 0 Å². The average molecular weight is 304 g/mol. The van der Waals surface area contributed by atoms with E-state index in [0.717, 1.165) is 15.6 Å². The molecule has 0 aliphatic rings. The number of benzene rings is 1. The number of hydrogen-bond donors (Lipinski definition) is 0. The van der Waals surface area contributed by atoms with E-state index in [0.29, 0.717) is 18.1 Å². The van der Waals surface area contributed by atoms with Crippen molar-refractivity contribution >= 4 is 28.9 Å². The highest BCUT2D eigenvalue weighted by Gasteiger charge is 2.03. The molecule has 0 saturated heterocycles. The zero-order chi connectivity index (χ0) is 10.6. The van der Waals surface area contributed by atoms with Crippen LogP contribution in [-0.4, -0.2) is 12.9 Å². The van der Waals surface area contributed by atoms with Crippen molar-refractivity contribution in [2.45, 2.75) is 13.8 Å². The van der Waals surface area contributed by atoms with Crippen molar-refractivity contribution in [2.24, 2.45) is 5.92 Å². The fourth-order valence-electron chi connectivity index (χ4n) is 0.964. The van der Waals surface area contributed by atoms with Gasteiger partial charge >= 0.3 is 0 Å². The normalized spacial score (nSPS) is 10.3. The standard InChI is InChI=1S/C11H13IO2/c1-8(2)7-14-11-4-3-9(6-13)5-10(11)12/h3-6,8H,7H2,1-2H3. The Hall–Kier alpha value is -0.580. The van der Waals surface area contributed by atoms with Crippen LogP contribution in [0.1, 0.15) is 24.2 Å². The molecule has 0 amide bonds. The summed E-state index contributed by atoms with van der Waals surface area (Å²) < 4.78 is 6.55. The summed E-state index contributed by atoms with van der Waals surface area (Å²) in [7, 11) is 0. The second kappa shape index (κ2) is 5.34. The van der Waals surface area contributed by atoms with Gasteiger partial charge in [-0.15, -0.1) is 0 Å². The molecule has 1 rings (SSSR count). The molecule has 1 aromatic rings. The van der Waals surface area contributed by atoms with Crippen molar-refractivity contribution in [1.82, 2.24) is 0 Å². The minimum absolute atomic E-state index is 0.511. The summed E-state index contributed by atoms with van der Waals surface area (Å²) in [6, 6.07) is 5.43. The zero-order valence-corrected chi connectivity index (χ0v) is 10.4. The Kier molecular flexibility index (Phi) is 4.38. The molecule has 1 aromatic carbocycles. The number of rotatable bonds is 4. The van der Waals surface area contributed by atoms with Crippen LogP contribution in [0.2, 0.25) is 0 Å². The summed E-state index contributed by atoms with van der Waals surface area (Å²) in [5.74, 6) is 1.36. The maximum atomic E-state index is 10.5. The zero-order valence-electron chi connectivity index (χ0n) is 8.29. The molecule has 0 unspecified atom stereocenters. The Morgan fingerprint density at radius 2 is 2.21 bits per heavy atom. The lowest BCUT2D eigenvalue weighted by molar-refractivity contribution is 0.112. The Balaban J connectivity index is 2.73. The highest BCUT2D eigenvalue weighted by atomic mass is 127. The Morgan fingerprint density at radius 1 is 1.50 bits per heavy atom. The molecule has 14 heavy (non-hydrogen) atoms. The van der Waals surface area contributed by atoms with Crippen LogP contribution in [0.5, 0.6) is 5.75 Å². The molecule has 0 aliphatic heterocycles. The molecule has 2 nitrogen and oxygen atoms in total. The molecule has 0 radical (unpaired) electrons. The molecule has 3 heteroatoms. The van der Waals surface area contributed by atoms with Crippen LogP contribution >= 0.6 is 22.6 Å². The minimum atomic E-state index is 0.511. The minimum Gasteiger partial charge on any atom is -0.492 e. The van der Waals surface area contributed by atoms with Gasteiger partial charge in [0.25, 0.3) is 0 Å². The first-order valence-corrected chi connectivity index (χ1v) is 5.59. The van der Waals surface area contributed by atoms with E-state index < -0.39 is 0 Å². The smallest absolute Gasteiger partial charge is 0.150 e. The Bertz CT molecular complexity index is 321. The fraction of sp³-hybridized carbons (Fsp3) is 0.364. The third kappa shape index (κ3) is 3.29. The molecule has 0 bridgehead atoms. The van der Waals surface area contributed by atoms with Gasteiger partial charge in [0.05, 0.1) is 10.2 Å². The molecular weight excluding hydrogens is 291 g/mol. The van der Waals surface area contributed by atoms with Crippen LogP contribution in [-0.2, 0) is 0 Å². The molecule has 0 heterocycles. The third-order valence-corrected chi connectivity index (χ3v) is 2.51. The SMILES string of the molecule is CC(C)COc1ccc(C=O)cc1I. The van der Waals surface area contributed by atoms with Crippen LogP contribution in [0.3, 0.4) is 0 Å². The predicted octanol–water partition coefficient (Wildman–Crippen LogP) is 3.14. The lowest BCUT2D eigenvalue weighted by atomic mass is 10.2. The van der Waals surface area contributed by atoms with Crippen molar-refractivity contribution < 1.29 is 9.53 Å². The summed E-state index contributed by atoms with van der Waals surface area (Å²) in [4.78, 5) is 10.5. The predicted molar refractivity (Wildman–Crippen MR) is 64.9 cm³/mol. The number of hydrogen-bond acceptors (Lipinski definition) is 2. The van der Waals surface area contributed by atoms with Gasteiger partial charge in [0, 0.05) is 5.56 Å². The van der Waals surface area contributed by atoms with Crippen molar-refractivity contribution in [3.63, 3.8) is 0 Å². The van der Waals surface area contributed by atoms with Gasteiger partial charge in [-0.1, -0.05) is 13.8 Å². The first kappa shape index (κ1) is 11.5. The van der Waals surface area contributed by atoms with Gasteiger partial charge in [-0.3, -0.25) is 4.79 Å². The van der Waals surface area contributed by atoms with Gasteiger partial charge in [-0.25, -0.2) is 0 Å². The van der Waals surface area contributed by atoms with E-state index in [-0.39, 0.29) is 0 Å². The van der Waals surface area contributed by atoms with Gasteiger partial charge in [0.2, 0.25) is 0 Å². The molecule has 0 aliphatic carbocycles. The summed E-state index contributed by atoms with van der Waals surface area (Å²) in [5.41, 5.74) is 0.686. The number of halogens is 1. The number of carbonyl (C=O) groups is 1. The molecule has 0 fully saturated rings. The summed E-state index contributed by atoms with van der Waals surface area (Å²) in [6.07, 6.45) is 0.842. The summed E-state index contributed by atoms with van der Waals surface area (Å²) in [6.45, 7) is 4.91. The van der Waals surface area contributed by atoms with Crippen LogP contribution in [0, 0.1) is 9.49 Å². The number of carbonyl (C=O) groups excluding carboxylic acids is 1. The van der Waals surface area contributed by atoms with Crippen molar-refractivity contribution in [2.75, 3.05) is 6.61 Å². The molecule has 0 spiro atoms. The van der Waals surface area contributed by atoms with Crippen LogP contribution in [0.4, 0.5) is 0 Å². The van der Waals surface area contributed by atoms with Crippen LogP contribution in [0.15, 0.2) is 18.2 Å². The van der Waals surface area contributed by atoms with Gasteiger partial charge in [0.1, 0.15) is 12.0 Å². The van der Waals surface area contributed by atoms with Gasteiger partial charge in [-0.2, -0.15) is 0 Å². The Labute approximate surface area is 97.8 Å². The van der Waals surface area contributed by atoms with Crippen LogP contribution < -0.4 is 4.74 Å². The van der Waals surface area contributed by atoms with Crippen molar-refractivity contribution in [3.05, 3.63) is 27.3 Å². The van der Waals surface area contributed by atoms with E-state index in [1.807, 2.05) is 12.1 Å². The fourth-order valence-corrected chi connectivity index (χ4v) is 1.66. The summed E-state index contributed by atoms with van der Waals surface area (Å²) in [5, 5.41) is 0. The van der Waals surface area contributed by atoms with E-state index in [1.54, 1.807) is 6.07 Å². The highest BCUT2D eigenvalue weighted by Crippen LogP contribution is 2.21. The lowest BCUT2D eigenvalue weighted by Gasteiger charge is -2.10. The van der Waals surface area contributed by atoms with E-state index in [2.05, 4.69) is 36.4 Å². The molecule has 0 aromatic heterocycles. The molecule has 0 N–H and O–H groups in total. The monoisotopic (exact) mass is 304 g/mol. The molecular formula is C11H13IO2. The van der Waals surface area contributed by atoms with Gasteiger partial charge in [-0.05, 0) is 46.7 Å². The number of aldehydes is 1. The summed E-state index contributed by atoms with van der Waals surface area (Å²) >= 11 is 2.17.